The summed E-state index contributed by atoms with van der Waals surface area (Å²) in [6.07, 6.45) is 5.02. The molecule has 4 nitrogen and oxygen atoms in total. The minimum atomic E-state index is -0.484. The van der Waals surface area contributed by atoms with Crippen molar-refractivity contribution in [3.05, 3.63) is 65.3 Å². The van der Waals surface area contributed by atoms with Crippen LogP contribution in [0, 0.1) is 5.82 Å². The molecule has 0 fully saturated rings. The van der Waals surface area contributed by atoms with Crippen LogP contribution in [0.1, 0.15) is 5.56 Å². The molecule has 106 valence electrons. The zero-order valence-electron chi connectivity index (χ0n) is 10.9. The van der Waals surface area contributed by atoms with E-state index in [-0.39, 0.29) is 11.6 Å². The van der Waals surface area contributed by atoms with Gasteiger partial charge in [0, 0.05) is 29.7 Å². The van der Waals surface area contributed by atoms with Gasteiger partial charge in [-0.3, -0.25) is 4.98 Å². The number of hydrogen-bond acceptors (Lipinski definition) is 3. The fraction of sp³-hybridized carbons (Fsp3) is 0.0667. The SMILES string of the molecule is OCc1cn(-c2ccc(F)c(Cl)c2)nc1-c1cccnc1. The van der Waals surface area contributed by atoms with Gasteiger partial charge < -0.3 is 5.11 Å². The van der Waals surface area contributed by atoms with Crippen LogP contribution in [0.4, 0.5) is 4.39 Å². The van der Waals surface area contributed by atoms with Crippen LogP contribution in [0.5, 0.6) is 0 Å². The first-order chi connectivity index (χ1) is 10.2. The molecule has 21 heavy (non-hydrogen) atoms. The number of hydrogen-bond donors (Lipinski definition) is 1. The summed E-state index contributed by atoms with van der Waals surface area (Å²) in [6.45, 7) is -0.154. The van der Waals surface area contributed by atoms with Gasteiger partial charge in [0.25, 0.3) is 0 Å². The highest BCUT2D eigenvalue weighted by Crippen LogP contribution is 2.24. The Morgan fingerprint density at radius 1 is 1.29 bits per heavy atom. The quantitative estimate of drug-likeness (QED) is 0.808. The Hall–Kier alpha value is -2.24. The zero-order valence-corrected chi connectivity index (χ0v) is 11.6. The fourth-order valence-corrected chi connectivity index (χ4v) is 2.21. The molecule has 0 amide bonds. The molecule has 0 radical (unpaired) electrons. The van der Waals surface area contributed by atoms with Crippen molar-refractivity contribution in [1.82, 2.24) is 14.8 Å². The average Bonchev–Trinajstić information content (AvgIpc) is 2.95. The minimum Gasteiger partial charge on any atom is -0.392 e. The molecule has 0 saturated heterocycles. The molecule has 0 aliphatic rings. The lowest BCUT2D eigenvalue weighted by Crippen LogP contribution is -1.95. The van der Waals surface area contributed by atoms with Gasteiger partial charge in [0.05, 0.1) is 23.0 Å². The van der Waals surface area contributed by atoms with Crippen molar-refractivity contribution < 1.29 is 9.50 Å². The third-order valence-corrected chi connectivity index (χ3v) is 3.35. The standard InChI is InChI=1S/C15H11ClFN3O/c16-13-6-12(3-4-14(13)17)20-8-11(9-21)15(19-20)10-2-1-5-18-7-10/h1-8,21H,9H2. The lowest BCUT2D eigenvalue weighted by molar-refractivity contribution is 0.282. The molecule has 1 aromatic carbocycles. The molecule has 0 bridgehead atoms. The summed E-state index contributed by atoms with van der Waals surface area (Å²) in [5.74, 6) is -0.484. The number of pyridine rings is 1. The second kappa shape index (κ2) is 5.63. The van der Waals surface area contributed by atoms with Gasteiger partial charge in [-0.05, 0) is 30.3 Å². The van der Waals surface area contributed by atoms with Gasteiger partial charge in [0.2, 0.25) is 0 Å². The first kappa shape index (κ1) is 13.7. The summed E-state index contributed by atoms with van der Waals surface area (Å²) in [4.78, 5) is 4.04. The second-order valence-electron chi connectivity index (χ2n) is 4.45. The van der Waals surface area contributed by atoms with Crippen molar-refractivity contribution in [1.29, 1.82) is 0 Å². The number of aromatic nitrogens is 3. The maximum atomic E-state index is 13.2. The fourth-order valence-electron chi connectivity index (χ4n) is 2.03. The van der Waals surface area contributed by atoms with E-state index in [1.807, 2.05) is 6.07 Å². The maximum absolute atomic E-state index is 13.2. The van der Waals surface area contributed by atoms with Gasteiger partial charge in [-0.25, -0.2) is 9.07 Å². The Labute approximate surface area is 125 Å². The molecule has 0 saturated carbocycles. The summed E-state index contributed by atoms with van der Waals surface area (Å²) >= 11 is 5.79. The molecule has 2 aromatic heterocycles. The highest BCUT2D eigenvalue weighted by molar-refractivity contribution is 6.30. The smallest absolute Gasteiger partial charge is 0.141 e. The van der Waals surface area contributed by atoms with Crippen molar-refractivity contribution in [2.75, 3.05) is 0 Å². The topological polar surface area (TPSA) is 50.9 Å². The number of aliphatic hydroxyl groups is 1. The summed E-state index contributed by atoms with van der Waals surface area (Å²) in [5.41, 5.74) is 2.70. The van der Waals surface area contributed by atoms with Crippen LogP contribution in [-0.4, -0.2) is 19.9 Å². The average molecular weight is 304 g/mol. The van der Waals surface area contributed by atoms with E-state index < -0.39 is 5.82 Å². The van der Waals surface area contributed by atoms with Crippen LogP contribution in [0.15, 0.2) is 48.9 Å². The Kier molecular flexibility index (Phi) is 3.68. The van der Waals surface area contributed by atoms with E-state index in [0.29, 0.717) is 16.9 Å². The summed E-state index contributed by atoms with van der Waals surface area (Å²) in [5, 5.41) is 13.9. The van der Waals surface area contributed by atoms with Crippen LogP contribution in [0.2, 0.25) is 5.02 Å². The van der Waals surface area contributed by atoms with Gasteiger partial charge in [-0.2, -0.15) is 5.10 Å². The number of halogens is 2. The van der Waals surface area contributed by atoms with Gasteiger partial charge in [0.15, 0.2) is 0 Å². The molecule has 0 spiro atoms. The summed E-state index contributed by atoms with van der Waals surface area (Å²) in [7, 11) is 0. The van der Waals surface area contributed by atoms with Gasteiger partial charge in [-0.15, -0.1) is 0 Å². The third-order valence-electron chi connectivity index (χ3n) is 3.06. The molecule has 0 atom stereocenters. The van der Waals surface area contributed by atoms with E-state index in [2.05, 4.69) is 10.1 Å². The highest BCUT2D eigenvalue weighted by atomic mass is 35.5. The van der Waals surface area contributed by atoms with Crippen LogP contribution in [0.25, 0.3) is 16.9 Å². The van der Waals surface area contributed by atoms with E-state index in [1.165, 1.54) is 12.1 Å². The molecular weight excluding hydrogens is 293 g/mol. The molecule has 0 aliphatic carbocycles. The van der Waals surface area contributed by atoms with Crippen molar-refractivity contribution >= 4 is 11.6 Å². The van der Waals surface area contributed by atoms with E-state index in [0.717, 1.165) is 5.56 Å². The largest absolute Gasteiger partial charge is 0.392 e. The predicted octanol–water partition coefficient (Wildman–Crippen LogP) is 3.22. The lowest BCUT2D eigenvalue weighted by Gasteiger charge is -2.02. The van der Waals surface area contributed by atoms with E-state index in [9.17, 15) is 9.50 Å². The predicted molar refractivity (Wildman–Crippen MR) is 77.7 cm³/mol. The first-order valence-corrected chi connectivity index (χ1v) is 6.62. The van der Waals surface area contributed by atoms with E-state index >= 15 is 0 Å². The number of benzene rings is 1. The van der Waals surface area contributed by atoms with E-state index in [4.69, 9.17) is 11.6 Å². The van der Waals surface area contributed by atoms with Gasteiger partial charge in [-0.1, -0.05) is 11.6 Å². The van der Waals surface area contributed by atoms with Crippen LogP contribution >= 0.6 is 11.6 Å². The Bertz CT molecular complexity index is 774. The highest BCUT2D eigenvalue weighted by Gasteiger charge is 2.12. The van der Waals surface area contributed by atoms with Crippen LogP contribution < -0.4 is 0 Å². The lowest BCUT2D eigenvalue weighted by atomic mass is 10.1. The van der Waals surface area contributed by atoms with Crippen molar-refractivity contribution in [3.63, 3.8) is 0 Å². The maximum Gasteiger partial charge on any atom is 0.141 e. The number of rotatable bonds is 3. The Morgan fingerprint density at radius 2 is 2.14 bits per heavy atom. The molecule has 1 N–H and O–H groups in total. The second-order valence-corrected chi connectivity index (χ2v) is 4.85. The third kappa shape index (κ3) is 2.66. The minimum absolute atomic E-state index is 0.0245. The molecule has 2 heterocycles. The summed E-state index contributed by atoms with van der Waals surface area (Å²) in [6, 6.07) is 7.99. The van der Waals surface area contributed by atoms with Crippen LogP contribution in [-0.2, 0) is 6.61 Å². The van der Waals surface area contributed by atoms with E-state index in [1.54, 1.807) is 35.4 Å². The molecule has 0 aliphatic heterocycles. The van der Waals surface area contributed by atoms with Crippen molar-refractivity contribution in [2.24, 2.45) is 0 Å². The molecule has 6 heteroatoms. The number of nitrogens with zero attached hydrogens (tertiary/aromatic N) is 3. The molecule has 3 rings (SSSR count). The molecular formula is C15H11ClFN3O. The number of aliphatic hydroxyl groups excluding tert-OH is 1. The monoisotopic (exact) mass is 303 g/mol. The van der Waals surface area contributed by atoms with Gasteiger partial charge >= 0.3 is 0 Å². The van der Waals surface area contributed by atoms with Crippen molar-refractivity contribution in [2.45, 2.75) is 6.61 Å². The molecule has 3 aromatic rings. The summed E-state index contributed by atoms with van der Waals surface area (Å²) < 4.78 is 14.8. The molecule has 0 unspecified atom stereocenters. The van der Waals surface area contributed by atoms with Crippen LogP contribution in [0.3, 0.4) is 0 Å². The van der Waals surface area contributed by atoms with Crippen molar-refractivity contribution in [3.8, 4) is 16.9 Å². The Morgan fingerprint density at radius 3 is 2.81 bits per heavy atom. The van der Waals surface area contributed by atoms with Gasteiger partial charge in [0.1, 0.15) is 5.82 Å². The zero-order chi connectivity index (χ0) is 14.8. The first-order valence-electron chi connectivity index (χ1n) is 6.24. The Balaban J connectivity index is 2.09. The normalized spacial score (nSPS) is 10.8.